The van der Waals surface area contributed by atoms with E-state index in [0.29, 0.717) is 32.2 Å². The highest BCUT2D eigenvalue weighted by Crippen LogP contribution is 2.44. The third-order valence-electron chi connectivity index (χ3n) is 4.76. The lowest BCUT2D eigenvalue weighted by molar-refractivity contribution is -0.141. The van der Waals surface area contributed by atoms with Gasteiger partial charge >= 0.3 is 6.18 Å². The molecule has 1 aromatic heterocycles. The van der Waals surface area contributed by atoms with Gasteiger partial charge in [0.2, 0.25) is 11.8 Å². The first kappa shape index (κ1) is 18.3. The highest BCUT2D eigenvalue weighted by Gasteiger charge is 2.50. The predicted octanol–water partition coefficient (Wildman–Crippen LogP) is 2.03. The van der Waals surface area contributed by atoms with Gasteiger partial charge in [-0.05, 0) is 37.8 Å². The fourth-order valence-corrected chi connectivity index (χ4v) is 3.13. The number of likely N-dealkylation sites (tertiary alicyclic amines) is 1. The molecule has 0 aromatic carbocycles. The van der Waals surface area contributed by atoms with E-state index in [2.05, 4.69) is 21.9 Å². The third-order valence-corrected chi connectivity index (χ3v) is 4.76. The highest BCUT2D eigenvalue weighted by atomic mass is 19.4. The number of hydrogen-bond acceptors (Lipinski definition) is 4. The minimum absolute atomic E-state index is 0.0180. The quantitative estimate of drug-likeness (QED) is 0.825. The van der Waals surface area contributed by atoms with Gasteiger partial charge in [-0.1, -0.05) is 6.58 Å². The van der Waals surface area contributed by atoms with Crippen LogP contribution in [0, 0.1) is 5.92 Å². The van der Waals surface area contributed by atoms with Crippen LogP contribution in [0.1, 0.15) is 37.2 Å². The van der Waals surface area contributed by atoms with Crippen molar-refractivity contribution in [2.75, 3.05) is 13.1 Å². The molecule has 2 heterocycles. The van der Waals surface area contributed by atoms with Gasteiger partial charge in [-0.25, -0.2) is 9.97 Å². The van der Waals surface area contributed by atoms with Crippen LogP contribution in [0.4, 0.5) is 13.2 Å². The fourth-order valence-electron chi connectivity index (χ4n) is 3.13. The Hall–Kier alpha value is -2.45. The van der Waals surface area contributed by atoms with Gasteiger partial charge in [0.15, 0.2) is 5.82 Å². The van der Waals surface area contributed by atoms with Crippen LogP contribution in [-0.2, 0) is 21.3 Å². The predicted molar refractivity (Wildman–Crippen MR) is 85.6 cm³/mol. The van der Waals surface area contributed by atoms with Crippen LogP contribution in [0.2, 0.25) is 0 Å². The Kier molecular flexibility index (Phi) is 4.72. The van der Waals surface area contributed by atoms with E-state index in [1.165, 1.54) is 6.08 Å². The molecular weight excluding hydrogens is 349 g/mol. The summed E-state index contributed by atoms with van der Waals surface area (Å²) in [6.45, 7) is 4.28. The van der Waals surface area contributed by atoms with Gasteiger partial charge in [0, 0.05) is 19.3 Å². The molecule has 1 unspecified atom stereocenters. The monoisotopic (exact) mass is 368 g/mol. The summed E-state index contributed by atoms with van der Waals surface area (Å²) >= 11 is 0. The molecule has 2 amide bonds. The minimum Gasteiger partial charge on any atom is -0.343 e. The Bertz CT molecular complexity index is 731. The molecule has 140 valence electrons. The number of hydrogen-bond donors (Lipinski definition) is 1. The van der Waals surface area contributed by atoms with Crippen molar-refractivity contribution in [3.63, 3.8) is 0 Å². The molecule has 9 heteroatoms. The summed E-state index contributed by atoms with van der Waals surface area (Å²) in [4.78, 5) is 33.4. The largest absolute Gasteiger partial charge is 0.433 e. The number of nitrogens with zero attached hydrogens (tertiary/aromatic N) is 3. The number of rotatable bonds is 4. The van der Waals surface area contributed by atoms with Crippen LogP contribution < -0.4 is 5.32 Å². The first-order valence-electron chi connectivity index (χ1n) is 8.39. The minimum atomic E-state index is -4.56. The molecule has 2 aliphatic rings. The van der Waals surface area contributed by atoms with E-state index in [4.69, 9.17) is 0 Å². The van der Waals surface area contributed by atoms with Crippen LogP contribution in [0.5, 0.6) is 0 Å². The topological polar surface area (TPSA) is 75.2 Å². The van der Waals surface area contributed by atoms with E-state index >= 15 is 0 Å². The van der Waals surface area contributed by atoms with Gasteiger partial charge in [-0.15, -0.1) is 0 Å². The van der Waals surface area contributed by atoms with E-state index in [1.807, 2.05) is 0 Å². The maximum Gasteiger partial charge on any atom is 0.433 e. The molecule has 1 saturated carbocycles. The summed E-state index contributed by atoms with van der Waals surface area (Å²) in [5, 5.41) is 2.81. The second kappa shape index (κ2) is 6.69. The van der Waals surface area contributed by atoms with Crippen molar-refractivity contribution in [3.8, 4) is 0 Å². The molecule has 0 bridgehead atoms. The number of carbonyl (C=O) groups is 2. The van der Waals surface area contributed by atoms with Crippen LogP contribution in [0.25, 0.3) is 0 Å². The van der Waals surface area contributed by atoms with Crippen molar-refractivity contribution in [3.05, 3.63) is 36.4 Å². The maximum atomic E-state index is 12.9. The molecule has 1 atom stereocenters. The Morgan fingerprint density at radius 2 is 2.12 bits per heavy atom. The lowest BCUT2D eigenvalue weighted by Gasteiger charge is -2.32. The first-order chi connectivity index (χ1) is 12.2. The molecule has 1 aromatic rings. The Balaban J connectivity index is 1.71. The average Bonchev–Trinajstić information content (AvgIpc) is 3.41. The van der Waals surface area contributed by atoms with Crippen molar-refractivity contribution < 1.29 is 22.8 Å². The molecule has 6 nitrogen and oxygen atoms in total. The summed E-state index contributed by atoms with van der Waals surface area (Å²) in [5.41, 5.74) is -1.97. The van der Waals surface area contributed by atoms with Crippen molar-refractivity contribution in [1.29, 1.82) is 0 Å². The summed E-state index contributed by atoms with van der Waals surface area (Å²) in [5.74, 6) is -0.943. The number of amides is 2. The van der Waals surface area contributed by atoms with Gasteiger partial charge in [0.05, 0.1) is 11.5 Å². The number of halogens is 3. The zero-order valence-electron chi connectivity index (χ0n) is 14.1. The van der Waals surface area contributed by atoms with E-state index in [1.54, 1.807) is 4.90 Å². The van der Waals surface area contributed by atoms with Crippen molar-refractivity contribution in [1.82, 2.24) is 20.2 Å². The summed E-state index contributed by atoms with van der Waals surface area (Å²) < 4.78 is 38.6. The molecular formula is C17H19F3N4O2. The summed E-state index contributed by atoms with van der Waals surface area (Å²) in [6.07, 6.45) is -0.0184. The smallest absolute Gasteiger partial charge is 0.343 e. The number of nitrogens with one attached hydrogen (secondary N) is 1. The molecule has 1 aliphatic heterocycles. The van der Waals surface area contributed by atoms with E-state index in [0.717, 1.165) is 12.3 Å². The molecule has 26 heavy (non-hydrogen) atoms. The SMILES string of the molecule is C=CC(=O)N1CCCC(C(=O)NC2(c3nccc(C(F)(F)F)n3)CC2)C1. The van der Waals surface area contributed by atoms with Gasteiger partial charge in [0.1, 0.15) is 5.69 Å². The number of carbonyl (C=O) groups excluding carboxylic acids is 2. The van der Waals surface area contributed by atoms with Gasteiger partial charge < -0.3 is 10.2 Å². The third kappa shape index (κ3) is 3.71. The number of alkyl halides is 3. The van der Waals surface area contributed by atoms with E-state index in [9.17, 15) is 22.8 Å². The molecule has 3 rings (SSSR count). The van der Waals surface area contributed by atoms with E-state index < -0.39 is 23.3 Å². The van der Waals surface area contributed by atoms with Crippen molar-refractivity contribution in [2.24, 2.45) is 5.92 Å². The van der Waals surface area contributed by atoms with Gasteiger partial charge in [-0.2, -0.15) is 13.2 Å². The van der Waals surface area contributed by atoms with Crippen molar-refractivity contribution in [2.45, 2.75) is 37.4 Å². The molecule has 0 spiro atoms. The molecule has 1 saturated heterocycles. The second-order valence-electron chi connectivity index (χ2n) is 6.66. The standard InChI is InChI=1S/C17H19F3N4O2/c1-2-13(25)24-9-3-4-11(10-24)14(26)23-16(6-7-16)15-21-8-5-12(22-15)17(18,19)20/h2,5,8,11H,1,3-4,6-7,9-10H2,(H,23,26). The Morgan fingerprint density at radius 3 is 2.73 bits per heavy atom. The Morgan fingerprint density at radius 1 is 1.38 bits per heavy atom. The summed E-state index contributed by atoms with van der Waals surface area (Å²) in [6, 6.07) is 0.807. The van der Waals surface area contributed by atoms with Crippen LogP contribution in [0.15, 0.2) is 24.9 Å². The number of aromatic nitrogens is 2. The number of piperidine rings is 1. The second-order valence-corrected chi connectivity index (χ2v) is 6.66. The van der Waals surface area contributed by atoms with Gasteiger partial charge in [0.25, 0.3) is 0 Å². The lowest BCUT2D eigenvalue weighted by atomic mass is 9.96. The van der Waals surface area contributed by atoms with Gasteiger partial charge in [-0.3, -0.25) is 9.59 Å². The molecule has 0 radical (unpaired) electrons. The molecule has 2 fully saturated rings. The fraction of sp³-hybridized carbons (Fsp3) is 0.529. The summed E-state index contributed by atoms with van der Waals surface area (Å²) in [7, 11) is 0. The lowest BCUT2D eigenvalue weighted by Crippen LogP contribution is -2.47. The van der Waals surface area contributed by atoms with Crippen LogP contribution in [0.3, 0.4) is 0 Å². The molecule has 1 aliphatic carbocycles. The average molecular weight is 368 g/mol. The zero-order chi connectivity index (χ0) is 18.9. The maximum absolute atomic E-state index is 12.9. The zero-order valence-corrected chi connectivity index (χ0v) is 14.1. The molecule has 1 N–H and O–H groups in total. The highest BCUT2D eigenvalue weighted by molar-refractivity contribution is 5.88. The van der Waals surface area contributed by atoms with Crippen LogP contribution in [-0.4, -0.2) is 39.8 Å². The first-order valence-corrected chi connectivity index (χ1v) is 8.39. The van der Waals surface area contributed by atoms with Crippen molar-refractivity contribution >= 4 is 11.8 Å². The Labute approximate surface area is 148 Å². The van der Waals surface area contributed by atoms with E-state index in [-0.39, 0.29) is 24.2 Å². The normalized spacial score (nSPS) is 21.8. The van der Waals surface area contributed by atoms with Crippen LogP contribution >= 0.6 is 0 Å².